The molecule has 0 saturated heterocycles. The van der Waals surface area contributed by atoms with E-state index in [1.165, 1.54) is 31.2 Å². The lowest BCUT2D eigenvalue weighted by Crippen LogP contribution is -2.21. The summed E-state index contributed by atoms with van der Waals surface area (Å²) in [6.07, 6.45) is -6.15. The predicted octanol–water partition coefficient (Wildman–Crippen LogP) is 3.11. The Bertz CT molecular complexity index is 305. The van der Waals surface area contributed by atoms with Crippen molar-refractivity contribution in [3.63, 3.8) is 0 Å². The standard InChI is InChI=1S/C10H11F3O2/c1-7(6-10(11,12)13)15-9-4-2-8(14)3-5-9/h2-5,7,14H,6H2,1H3. The number of benzene rings is 1. The van der Waals surface area contributed by atoms with E-state index in [9.17, 15) is 13.2 Å². The van der Waals surface area contributed by atoms with Crippen molar-refractivity contribution >= 4 is 0 Å². The zero-order chi connectivity index (χ0) is 11.5. The molecule has 0 aliphatic heterocycles. The van der Waals surface area contributed by atoms with Crippen LogP contribution in [0.15, 0.2) is 24.3 Å². The summed E-state index contributed by atoms with van der Waals surface area (Å²) in [6.45, 7) is 1.35. The first-order valence-corrected chi connectivity index (χ1v) is 4.39. The second kappa shape index (κ2) is 4.42. The van der Waals surface area contributed by atoms with Crippen LogP contribution in [0.25, 0.3) is 0 Å². The summed E-state index contributed by atoms with van der Waals surface area (Å²) in [4.78, 5) is 0. The fourth-order valence-corrected chi connectivity index (χ4v) is 1.12. The van der Waals surface area contributed by atoms with Gasteiger partial charge in [0.1, 0.15) is 17.6 Å². The van der Waals surface area contributed by atoms with Gasteiger partial charge in [0, 0.05) is 0 Å². The molecule has 2 nitrogen and oxygen atoms in total. The summed E-state index contributed by atoms with van der Waals surface area (Å²) < 4.78 is 40.9. The molecule has 1 N–H and O–H groups in total. The van der Waals surface area contributed by atoms with Crippen molar-refractivity contribution in [2.24, 2.45) is 0 Å². The highest BCUT2D eigenvalue weighted by atomic mass is 19.4. The van der Waals surface area contributed by atoms with E-state index in [1.54, 1.807) is 0 Å². The number of phenolic OH excluding ortho intramolecular Hbond substituents is 1. The van der Waals surface area contributed by atoms with E-state index >= 15 is 0 Å². The van der Waals surface area contributed by atoms with Crippen LogP contribution in [-0.4, -0.2) is 17.4 Å². The predicted molar refractivity (Wildman–Crippen MR) is 48.9 cm³/mol. The maximum Gasteiger partial charge on any atom is 0.392 e. The van der Waals surface area contributed by atoms with Gasteiger partial charge in [0.2, 0.25) is 0 Å². The zero-order valence-corrected chi connectivity index (χ0v) is 8.08. The number of hydrogen-bond acceptors (Lipinski definition) is 2. The first-order chi connectivity index (χ1) is 6.87. The van der Waals surface area contributed by atoms with Gasteiger partial charge in [-0.1, -0.05) is 0 Å². The first-order valence-electron chi connectivity index (χ1n) is 4.39. The molecule has 15 heavy (non-hydrogen) atoms. The van der Waals surface area contributed by atoms with E-state index in [2.05, 4.69) is 0 Å². The Labute approximate surface area is 85.3 Å². The molecule has 1 atom stereocenters. The van der Waals surface area contributed by atoms with Crippen LogP contribution in [0.2, 0.25) is 0 Å². The van der Waals surface area contributed by atoms with Crippen LogP contribution in [0.5, 0.6) is 11.5 Å². The van der Waals surface area contributed by atoms with Crippen molar-refractivity contribution in [2.75, 3.05) is 0 Å². The van der Waals surface area contributed by atoms with Crippen molar-refractivity contribution in [3.8, 4) is 11.5 Å². The van der Waals surface area contributed by atoms with Crippen LogP contribution in [-0.2, 0) is 0 Å². The molecule has 1 rings (SSSR count). The molecule has 1 aromatic carbocycles. The molecule has 0 saturated carbocycles. The number of halogens is 3. The van der Waals surface area contributed by atoms with Gasteiger partial charge in [-0.05, 0) is 31.2 Å². The number of rotatable bonds is 3. The van der Waals surface area contributed by atoms with E-state index in [4.69, 9.17) is 9.84 Å². The Morgan fingerprint density at radius 2 is 1.80 bits per heavy atom. The van der Waals surface area contributed by atoms with Gasteiger partial charge in [0.15, 0.2) is 0 Å². The molecule has 84 valence electrons. The van der Waals surface area contributed by atoms with Gasteiger partial charge in [-0.25, -0.2) is 0 Å². The van der Waals surface area contributed by atoms with E-state index in [1.807, 2.05) is 0 Å². The smallest absolute Gasteiger partial charge is 0.392 e. The van der Waals surface area contributed by atoms with Crippen molar-refractivity contribution in [1.29, 1.82) is 0 Å². The minimum Gasteiger partial charge on any atom is -0.508 e. The molecule has 0 aliphatic rings. The van der Waals surface area contributed by atoms with Crippen molar-refractivity contribution in [2.45, 2.75) is 25.6 Å². The highest BCUT2D eigenvalue weighted by Crippen LogP contribution is 2.24. The minimum atomic E-state index is -4.23. The quantitative estimate of drug-likeness (QED) is 0.848. The third-order valence-corrected chi connectivity index (χ3v) is 1.69. The van der Waals surface area contributed by atoms with Gasteiger partial charge in [0.25, 0.3) is 0 Å². The fraction of sp³-hybridized carbons (Fsp3) is 0.400. The Balaban J connectivity index is 2.51. The summed E-state index contributed by atoms with van der Waals surface area (Å²) in [5.74, 6) is 0.357. The fourth-order valence-electron chi connectivity index (χ4n) is 1.12. The first kappa shape index (κ1) is 11.7. The van der Waals surface area contributed by atoms with Gasteiger partial charge >= 0.3 is 6.18 Å². The largest absolute Gasteiger partial charge is 0.508 e. The zero-order valence-electron chi connectivity index (χ0n) is 8.08. The summed E-state index contributed by atoms with van der Waals surface area (Å²) in [7, 11) is 0. The molecule has 0 fully saturated rings. The average Bonchev–Trinajstić information content (AvgIpc) is 2.05. The molecule has 0 bridgehead atoms. The lowest BCUT2D eigenvalue weighted by Gasteiger charge is -2.16. The number of alkyl halides is 3. The van der Waals surface area contributed by atoms with Gasteiger partial charge in [-0.3, -0.25) is 0 Å². The molecule has 0 radical (unpaired) electrons. The van der Waals surface area contributed by atoms with E-state index in [0.29, 0.717) is 5.75 Å². The van der Waals surface area contributed by atoms with E-state index < -0.39 is 18.7 Å². The summed E-state index contributed by atoms with van der Waals surface area (Å²) in [5.41, 5.74) is 0. The van der Waals surface area contributed by atoms with Crippen LogP contribution >= 0.6 is 0 Å². The number of aromatic hydroxyl groups is 1. The Morgan fingerprint density at radius 3 is 2.27 bits per heavy atom. The molecule has 0 heterocycles. The average molecular weight is 220 g/mol. The normalized spacial score (nSPS) is 13.6. The maximum absolute atomic E-state index is 12.0. The minimum absolute atomic E-state index is 0.0471. The monoisotopic (exact) mass is 220 g/mol. The molecule has 0 aliphatic carbocycles. The molecular weight excluding hydrogens is 209 g/mol. The van der Waals surface area contributed by atoms with E-state index in [0.717, 1.165) is 0 Å². The topological polar surface area (TPSA) is 29.5 Å². The molecule has 5 heteroatoms. The van der Waals surface area contributed by atoms with Gasteiger partial charge in [-0.15, -0.1) is 0 Å². The Kier molecular flexibility index (Phi) is 3.44. The summed E-state index contributed by atoms with van der Waals surface area (Å²) >= 11 is 0. The molecular formula is C10H11F3O2. The maximum atomic E-state index is 12.0. The third-order valence-electron chi connectivity index (χ3n) is 1.69. The Hall–Kier alpha value is -1.39. The molecule has 1 unspecified atom stereocenters. The summed E-state index contributed by atoms with van der Waals surface area (Å²) in [6, 6.07) is 5.55. The second-order valence-corrected chi connectivity index (χ2v) is 3.24. The highest BCUT2D eigenvalue weighted by Gasteiger charge is 2.30. The van der Waals surface area contributed by atoms with Crippen LogP contribution in [0.1, 0.15) is 13.3 Å². The second-order valence-electron chi connectivity index (χ2n) is 3.24. The van der Waals surface area contributed by atoms with Crippen LogP contribution in [0.3, 0.4) is 0 Å². The van der Waals surface area contributed by atoms with Gasteiger partial charge in [0.05, 0.1) is 6.42 Å². The molecule has 0 spiro atoms. The highest BCUT2D eigenvalue weighted by molar-refractivity contribution is 5.30. The van der Waals surface area contributed by atoms with Crippen molar-refractivity contribution < 1.29 is 23.0 Å². The van der Waals surface area contributed by atoms with E-state index in [-0.39, 0.29) is 5.75 Å². The number of ether oxygens (including phenoxy) is 1. The molecule has 1 aromatic rings. The van der Waals surface area contributed by atoms with Crippen LogP contribution in [0.4, 0.5) is 13.2 Å². The van der Waals surface area contributed by atoms with Gasteiger partial charge < -0.3 is 9.84 Å². The lowest BCUT2D eigenvalue weighted by atomic mass is 10.2. The van der Waals surface area contributed by atoms with Crippen LogP contribution in [0, 0.1) is 0 Å². The molecule has 0 aromatic heterocycles. The van der Waals surface area contributed by atoms with Crippen molar-refractivity contribution in [3.05, 3.63) is 24.3 Å². The third kappa shape index (κ3) is 4.58. The van der Waals surface area contributed by atoms with Crippen molar-refractivity contribution in [1.82, 2.24) is 0 Å². The Morgan fingerprint density at radius 1 is 1.27 bits per heavy atom. The summed E-state index contributed by atoms with van der Waals surface area (Å²) in [5, 5.41) is 8.94. The SMILES string of the molecule is CC(CC(F)(F)F)Oc1ccc(O)cc1. The molecule has 0 amide bonds. The van der Waals surface area contributed by atoms with Crippen LogP contribution < -0.4 is 4.74 Å². The number of phenols is 1. The number of hydrogen-bond donors (Lipinski definition) is 1. The lowest BCUT2D eigenvalue weighted by molar-refractivity contribution is -0.148. The van der Waals surface area contributed by atoms with Gasteiger partial charge in [-0.2, -0.15) is 13.2 Å².